The van der Waals surface area contributed by atoms with Crippen LogP contribution < -0.4 is 0 Å². The third-order valence-electron chi connectivity index (χ3n) is 3.69. The van der Waals surface area contributed by atoms with Crippen molar-refractivity contribution in [2.75, 3.05) is 13.1 Å². The van der Waals surface area contributed by atoms with Crippen LogP contribution >= 0.6 is 0 Å². The minimum atomic E-state index is 0.241. The highest BCUT2D eigenvalue weighted by molar-refractivity contribution is 5.85. The minimum Gasteiger partial charge on any atom is -0.391 e. The zero-order chi connectivity index (χ0) is 12.5. The van der Waals surface area contributed by atoms with Gasteiger partial charge in [0.05, 0.1) is 17.1 Å². The van der Waals surface area contributed by atoms with Gasteiger partial charge in [-0.1, -0.05) is 12.1 Å². The molecule has 0 saturated heterocycles. The predicted octanol–water partition coefficient (Wildman–Crippen LogP) is 1.63. The van der Waals surface area contributed by atoms with E-state index >= 15 is 0 Å². The summed E-state index contributed by atoms with van der Waals surface area (Å²) in [6, 6.07) is 0. The van der Waals surface area contributed by atoms with Crippen molar-refractivity contribution < 1.29 is 4.84 Å². The summed E-state index contributed by atoms with van der Waals surface area (Å²) in [5.41, 5.74) is 3.70. The third-order valence-corrected chi connectivity index (χ3v) is 3.69. The van der Waals surface area contributed by atoms with Crippen molar-refractivity contribution in [1.29, 1.82) is 0 Å². The fraction of sp³-hybridized carbons (Fsp3) is 0.692. The summed E-state index contributed by atoms with van der Waals surface area (Å²) in [5, 5.41) is 4.12. The van der Waals surface area contributed by atoms with E-state index in [4.69, 9.17) is 4.84 Å². The van der Waals surface area contributed by atoms with Gasteiger partial charge in [0, 0.05) is 32.5 Å². The van der Waals surface area contributed by atoms with Crippen LogP contribution in [0.25, 0.3) is 0 Å². The number of nitrogens with one attached hydrogen (secondary N) is 1. The van der Waals surface area contributed by atoms with Gasteiger partial charge in [-0.25, -0.2) is 4.98 Å². The molecule has 0 aromatic carbocycles. The van der Waals surface area contributed by atoms with Gasteiger partial charge in [-0.05, 0) is 13.3 Å². The van der Waals surface area contributed by atoms with Crippen LogP contribution in [0.4, 0.5) is 0 Å². The Morgan fingerprint density at radius 2 is 2.39 bits per heavy atom. The Morgan fingerprint density at radius 1 is 1.50 bits per heavy atom. The number of rotatable bonds is 3. The number of H-pyrrole nitrogens is 1. The Balaban J connectivity index is 1.57. The maximum Gasteiger partial charge on any atom is 0.145 e. The molecule has 0 bridgehead atoms. The van der Waals surface area contributed by atoms with E-state index in [0.29, 0.717) is 0 Å². The molecule has 5 nitrogen and oxygen atoms in total. The van der Waals surface area contributed by atoms with Crippen molar-refractivity contribution in [2.24, 2.45) is 5.16 Å². The molecule has 0 radical (unpaired) electrons. The molecular formula is C13H20N4O. The maximum absolute atomic E-state index is 5.47. The average Bonchev–Trinajstić information content (AvgIpc) is 2.94. The van der Waals surface area contributed by atoms with E-state index in [0.717, 1.165) is 44.7 Å². The van der Waals surface area contributed by atoms with Gasteiger partial charge in [-0.2, -0.15) is 0 Å². The summed E-state index contributed by atoms with van der Waals surface area (Å²) in [7, 11) is 0. The molecular weight excluding hydrogens is 228 g/mol. The van der Waals surface area contributed by atoms with E-state index in [-0.39, 0.29) is 6.10 Å². The highest BCUT2D eigenvalue weighted by atomic mass is 16.6. The van der Waals surface area contributed by atoms with Gasteiger partial charge in [0.2, 0.25) is 0 Å². The van der Waals surface area contributed by atoms with Crippen molar-refractivity contribution in [3.05, 3.63) is 17.2 Å². The van der Waals surface area contributed by atoms with Gasteiger partial charge >= 0.3 is 0 Å². The Hall–Kier alpha value is -1.36. The molecule has 0 aliphatic carbocycles. The highest BCUT2D eigenvalue weighted by Gasteiger charge is 2.26. The van der Waals surface area contributed by atoms with Crippen molar-refractivity contribution in [1.82, 2.24) is 14.9 Å². The summed E-state index contributed by atoms with van der Waals surface area (Å²) in [4.78, 5) is 15.8. The normalized spacial score (nSPS) is 23.7. The quantitative estimate of drug-likeness (QED) is 0.884. The second-order valence-electron chi connectivity index (χ2n) is 5.18. The van der Waals surface area contributed by atoms with E-state index in [9.17, 15) is 0 Å². The van der Waals surface area contributed by atoms with Crippen LogP contribution in [-0.4, -0.2) is 39.8 Å². The van der Waals surface area contributed by atoms with Gasteiger partial charge in [-0.3, -0.25) is 4.90 Å². The first-order chi connectivity index (χ1) is 8.74. The fourth-order valence-electron chi connectivity index (χ4n) is 2.73. The Morgan fingerprint density at radius 3 is 3.17 bits per heavy atom. The van der Waals surface area contributed by atoms with E-state index < -0.39 is 0 Å². The molecule has 3 rings (SSSR count). The number of aromatic nitrogens is 2. The zero-order valence-corrected chi connectivity index (χ0v) is 11.1. The number of hydrogen-bond acceptors (Lipinski definition) is 4. The van der Waals surface area contributed by atoms with Crippen LogP contribution in [-0.2, 0) is 17.8 Å². The summed E-state index contributed by atoms with van der Waals surface area (Å²) in [6.45, 7) is 7.13. The van der Waals surface area contributed by atoms with Crippen LogP contribution in [0.3, 0.4) is 0 Å². The Kier molecular flexibility index (Phi) is 3.07. The van der Waals surface area contributed by atoms with E-state index in [1.807, 2.05) is 6.92 Å². The first kappa shape index (κ1) is 11.7. The smallest absolute Gasteiger partial charge is 0.145 e. The van der Waals surface area contributed by atoms with Gasteiger partial charge in [-0.15, -0.1) is 0 Å². The summed E-state index contributed by atoms with van der Waals surface area (Å²) in [5.74, 6) is 1.02. The number of oxime groups is 1. The lowest BCUT2D eigenvalue weighted by Crippen LogP contribution is -2.36. The molecule has 1 unspecified atom stereocenters. The van der Waals surface area contributed by atoms with Crippen LogP contribution in [0.5, 0.6) is 0 Å². The standard InChI is InChI=1S/C13H20N4O/c1-3-10-6-11(18-16-10)7-17-5-4-12-13(8-17)15-9(2)14-12/h11H,3-8H2,1-2H3,(H,14,15). The lowest BCUT2D eigenvalue weighted by atomic mass is 10.1. The summed E-state index contributed by atoms with van der Waals surface area (Å²) < 4.78 is 0. The molecule has 0 saturated carbocycles. The van der Waals surface area contributed by atoms with Crippen molar-refractivity contribution in [3.63, 3.8) is 0 Å². The molecule has 1 N–H and O–H groups in total. The van der Waals surface area contributed by atoms with Crippen LogP contribution in [0.1, 0.15) is 37.0 Å². The van der Waals surface area contributed by atoms with Crippen molar-refractivity contribution >= 4 is 5.71 Å². The first-order valence-corrected chi connectivity index (χ1v) is 6.73. The number of aryl methyl sites for hydroxylation is 1. The average molecular weight is 248 g/mol. The molecule has 2 aliphatic heterocycles. The third kappa shape index (κ3) is 2.27. The number of aromatic amines is 1. The van der Waals surface area contributed by atoms with Crippen LogP contribution in [0, 0.1) is 6.92 Å². The van der Waals surface area contributed by atoms with E-state index in [1.54, 1.807) is 0 Å². The molecule has 2 aliphatic rings. The highest BCUT2D eigenvalue weighted by Crippen LogP contribution is 2.19. The molecule has 3 heterocycles. The zero-order valence-electron chi connectivity index (χ0n) is 11.1. The Bertz CT molecular complexity index is 466. The van der Waals surface area contributed by atoms with Gasteiger partial charge in [0.15, 0.2) is 0 Å². The van der Waals surface area contributed by atoms with E-state index in [1.165, 1.54) is 17.1 Å². The molecule has 0 fully saturated rings. The lowest BCUT2D eigenvalue weighted by molar-refractivity contribution is 0.0483. The molecule has 5 heteroatoms. The second-order valence-corrected chi connectivity index (χ2v) is 5.18. The topological polar surface area (TPSA) is 53.5 Å². The van der Waals surface area contributed by atoms with Crippen LogP contribution in [0.2, 0.25) is 0 Å². The van der Waals surface area contributed by atoms with Gasteiger partial charge in [0.25, 0.3) is 0 Å². The largest absolute Gasteiger partial charge is 0.391 e. The maximum atomic E-state index is 5.47. The van der Waals surface area contributed by atoms with Crippen LogP contribution in [0.15, 0.2) is 5.16 Å². The van der Waals surface area contributed by atoms with Crippen molar-refractivity contribution in [3.8, 4) is 0 Å². The minimum absolute atomic E-state index is 0.241. The van der Waals surface area contributed by atoms with E-state index in [2.05, 4.69) is 26.9 Å². The molecule has 1 aromatic rings. The number of imidazole rings is 1. The molecule has 18 heavy (non-hydrogen) atoms. The monoisotopic (exact) mass is 248 g/mol. The summed E-state index contributed by atoms with van der Waals surface area (Å²) in [6.07, 6.45) is 3.27. The molecule has 1 aromatic heterocycles. The molecule has 1 atom stereocenters. The Labute approximate surface area is 107 Å². The predicted molar refractivity (Wildman–Crippen MR) is 69.5 cm³/mol. The first-order valence-electron chi connectivity index (χ1n) is 6.73. The second kappa shape index (κ2) is 4.72. The summed E-state index contributed by atoms with van der Waals surface area (Å²) >= 11 is 0. The fourth-order valence-corrected chi connectivity index (χ4v) is 2.73. The SMILES string of the molecule is CCC1=NOC(CN2CCc3nc(C)[nH]c3C2)C1. The number of fused-ring (bicyclic) bond motifs is 1. The molecule has 0 amide bonds. The van der Waals surface area contributed by atoms with Crippen molar-refractivity contribution in [2.45, 2.75) is 45.8 Å². The molecule has 98 valence electrons. The van der Waals surface area contributed by atoms with Gasteiger partial charge in [0.1, 0.15) is 11.9 Å². The number of nitrogens with zero attached hydrogens (tertiary/aromatic N) is 3. The number of hydrogen-bond donors (Lipinski definition) is 1. The lowest BCUT2D eigenvalue weighted by Gasteiger charge is -2.27. The molecule has 0 spiro atoms. The van der Waals surface area contributed by atoms with Gasteiger partial charge < -0.3 is 9.82 Å².